The van der Waals surface area contributed by atoms with Crippen molar-refractivity contribution in [3.05, 3.63) is 22.2 Å². The van der Waals surface area contributed by atoms with E-state index in [1.807, 2.05) is 0 Å². The Morgan fingerprint density at radius 3 is 2.78 bits per heavy atom. The normalized spacial score (nSPS) is 11.0. The zero-order valence-electron chi connectivity index (χ0n) is 10.7. The first kappa shape index (κ1) is 13.2. The van der Waals surface area contributed by atoms with Crippen LogP contribution >= 0.6 is 11.3 Å². The summed E-state index contributed by atoms with van der Waals surface area (Å²) in [4.78, 5) is 4.44. The van der Waals surface area contributed by atoms with Gasteiger partial charge in [0.1, 0.15) is 0 Å². The highest BCUT2D eigenvalue weighted by atomic mass is 32.1. The molecule has 0 aliphatic carbocycles. The fourth-order valence-corrected chi connectivity index (χ4v) is 2.66. The van der Waals surface area contributed by atoms with E-state index in [0.717, 1.165) is 37.3 Å². The zero-order valence-corrected chi connectivity index (χ0v) is 11.5. The summed E-state index contributed by atoms with van der Waals surface area (Å²) >= 11 is 1.66. The summed E-state index contributed by atoms with van der Waals surface area (Å²) in [5.41, 5.74) is 7.74. The van der Waals surface area contributed by atoms with Crippen LogP contribution in [0.1, 0.15) is 37.1 Å². The van der Waals surface area contributed by atoms with Gasteiger partial charge in [0, 0.05) is 17.4 Å². The minimum atomic E-state index is 0.714. The molecule has 0 amide bonds. The maximum atomic E-state index is 5.45. The lowest BCUT2D eigenvalue weighted by Gasteiger charge is -1.96. The highest BCUT2D eigenvalue weighted by Gasteiger charge is 2.10. The van der Waals surface area contributed by atoms with Gasteiger partial charge in [-0.25, -0.2) is 0 Å². The number of aromatic nitrogens is 2. The topological polar surface area (TPSA) is 64.9 Å². The summed E-state index contributed by atoms with van der Waals surface area (Å²) in [7, 11) is 0. The maximum absolute atomic E-state index is 5.45. The number of rotatable bonds is 7. The molecule has 0 aliphatic rings. The van der Waals surface area contributed by atoms with Crippen molar-refractivity contribution < 1.29 is 4.52 Å². The van der Waals surface area contributed by atoms with Crippen LogP contribution in [0.2, 0.25) is 0 Å². The van der Waals surface area contributed by atoms with Crippen LogP contribution < -0.4 is 5.73 Å². The third kappa shape index (κ3) is 3.40. The second-order valence-corrected chi connectivity index (χ2v) is 5.18. The third-order valence-electron chi connectivity index (χ3n) is 2.91. The molecule has 18 heavy (non-hydrogen) atoms. The number of thiophene rings is 1. The Hall–Kier alpha value is -1.20. The first-order valence-corrected chi connectivity index (χ1v) is 7.31. The van der Waals surface area contributed by atoms with Crippen molar-refractivity contribution in [1.82, 2.24) is 10.1 Å². The number of nitrogens with two attached hydrogens (primary N) is 1. The van der Waals surface area contributed by atoms with Gasteiger partial charge < -0.3 is 10.3 Å². The third-order valence-corrected chi connectivity index (χ3v) is 3.77. The second-order valence-electron chi connectivity index (χ2n) is 4.43. The minimum Gasteiger partial charge on any atom is -0.339 e. The van der Waals surface area contributed by atoms with Gasteiger partial charge in [-0.05, 0) is 37.3 Å². The van der Waals surface area contributed by atoms with Crippen molar-refractivity contribution in [1.29, 1.82) is 0 Å². The van der Waals surface area contributed by atoms with Crippen LogP contribution in [0.5, 0.6) is 0 Å². The summed E-state index contributed by atoms with van der Waals surface area (Å²) in [6.45, 7) is 2.84. The van der Waals surface area contributed by atoms with Crippen LogP contribution in [0.25, 0.3) is 11.4 Å². The Morgan fingerprint density at radius 2 is 2.06 bits per heavy atom. The first-order chi connectivity index (χ1) is 8.81. The van der Waals surface area contributed by atoms with Gasteiger partial charge >= 0.3 is 0 Å². The van der Waals surface area contributed by atoms with Gasteiger partial charge in [-0.15, -0.1) is 0 Å². The quantitative estimate of drug-likeness (QED) is 0.781. The SMILES string of the molecule is Cc1cscc1-c1noc(CCCCCCN)n1. The number of aryl methyl sites for hydroxylation is 2. The fraction of sp³-hybridized carbons (Fsp3) is 0.538. The van der Waals surface area contributed by atoms with Crippen LogP contribution in [0.15, 0.2) is 15.3 Å². The van der Waals surface area contributed by atoms with Gasteiger partial charge in [0.2, 0.25) is 11.7 Å². The van der Waals surface area contributed by atoms with Crippen molar-refractivity contribution in [2.24, 2.45) is 5.73 Å². The van der Waals surface area contributed by atoms with Gasteiger partial charge in [0.15, 0.2) is 0 Å². The lowest BCUT2D eigenvalue weighted by Crippen LogP contribution is -1.97. The van der Waals surface area contributed by atoms with E-state index in [1.54, 1.807) is 11.3 Å². The van der Waals surface area contributed by atoms with E-state index < -0.39 is 0 Å². The molecule has 2 aromatic rings. The van der Waals surface area contributed by atoms with Gasteiger partial charge in [0.25, 0.3) is 0 Å². The Bertz CT molecular complexity index is 478. The molecule has 5 heteroatoms. The van der Waals surface area contributed by atoms with Crippen LogP contribution in [0, 0.1) is 6.92 Å². The Balaban J connectivity index is 1.85. The lowest BCUT2D eigenvalue weighted by molar-refractivity contribution is 0.374. The standard InChI is InChI=1S/C13H19N3OS/c1-10-8-18-9-11(10)13-15-12(17-16-13)6-4-2-3-5-7-14/h8-9H,2-7,14H2,1H3. The average molecular weight is 265 g/mol. The summed E-state index contributed by atoms with van der Waals surface area (Å²) in [6, 6.07) is 0. The van der Waals surface area contributed by atoms with Crippen LogP contribution in [-0.2, 0) is 6.42 Å². The van der Waals surface area contributed by atoms with Crippen LogP contribution in [-0.4, -0.2) is 16.7 Å². The highest BCUT2D eigenvalue weighted by Crippen LogP contribution is 2.24. The Morgan fingerprint density at radius 1 is 1.22 bits per heavy atom. The van der Waals surface area contributed by atoms with Crippen LogP contribution in [0.4, 0.5) is 0 Å². The van der Waals surface area contributed by atoms with Gasteiger partial charge in [-0.1, -0.05) is 18.0 Å². The predicted molar refractivity (Wildman–Crippen MR) is 73.6 cm³/mol. The molecule has 0 spiro atoms. The molecular weight excluding hydrogens is 246 g/mol. The number of nitrogens with zero attached hydrogens (tertiary/aromatic N) is 2. The smallest absolute Gasteiger partial charge is 0.226 e. The first-order valence-electron chi connectivity index (χ1n) is 6.37. The Kier molecular flexibility index (Phi) is 4.90. The van der Waals surface area contributed by atoms with E-state index in [-0.39, 0.29) is 0 Å². The molecule has 2 heterocycles. The van der Waals surface area contributed by atoms with E-state index in [0.29, 0.717) is 5.82 Å². The molecule has 0 aliphatic heterocycles. The van der Waals surface area contributed by atoms with E-state index in [9.17, 15) is 0 Å². The van der Waals surface area contributed by atoms with Crippen molar-refractivity contribution in [3.63, 3.8) is 0 Å². The molecule has 0 saturated carbocycles. The summed E-state index contributed by atoms with van der Waals surface area (Å²) < 4.78 is 5.27. The van der Waals surface area contributed by atoms with E-state index in [4.69, 9.17) is 10.3 Å². The molecule has 0 aromatic carbocycles. The number of hydrogen-bond acceptors (Lipinski definition) is 5. The summed E-state index contributed by atoms with van der Waals surface area (Å²) in [5.74, 6) is 1.45. The van der Waals surface area contributed by atoms with Crippen molar-refractivity contribution >= 4 is 11.3 Å². The van der Waals surface area contributed by atoms with E-state index in [2.05, 4.69) is 27.8 Å². The monoisotopic (exact) mass is 265 g/mol. The Labute approximate surface area is 111 Å². The number of hydrogen-bond donors (Lipinski definition) is 1. The summed E-state index contributed by atoms with van der Waals surface area (Å²) in [5, 5.41) is 8.19. The molecular formula is C13H19N3OS. The van der Waals surface area contributed by atoms with E-state index >= 15 is 0 Å². The molecule has 2 aromatic heterocycles. The van der Waals surface area contributed by atoms with Crippen molar-refractivity contribution in [2.45, 2.75) is 39.0 Å². The van der Waals surface area contributed by atoms with Gasteiger partial charge in [-0.2, -0.15) is 16.3 Å². The number of unbranched alkanes of at least 4 members (excludes halogenated alkanes) is 3. The van der Waals surface area contributed by atoms with Crippen LogP contribution in [0.3, 0.4) is 0 Å². The molecule has 98 valence electrons. The molecule has 2 rings (SSSR count). The minimum absolute atomic E-state index is 0.714. The lowest BCUT2D eigenvalue weighted by atomic mass is 10.1. The fourth-order valence-electron chi connectivity index (χ4n) is 1.83. The molecule has 0 saturated heterocycles. The van der Waals surface area contributed by atoms with Gasteiger partial charge in [-0.3, -0.25) is 0 Å². The highest BCUT2D eigenvalue weighted by molar-refractivity contribution is 7.08. The molecule has 0 radical (unpaired) electrons. The molecule has 4 nitrogen and oxygen atoms in total. The van der Waals surface area contributed by atoms with E-state index in [1.165, 1.54) is 18.4 Å². The maximum Gasteiger partial charge on any atom is 0.226 e. The molecule has 0 fully saturated rings. The molecule has 0 bridgehead atoms. The summed E-state index contributed by atoms with van der Waals surface area (Å²) in [6.07, 6.45) is 5.40. The molecule has 0 unspecified atom stereocenters. The largest absolute Gasteiger partial charge is 0.339 e. The molecule has 2 N–H and O–H groups in total. The average Bonchev–Trinajstić information content (AvgIpc) is 2.97. The zero-order chi connectivity index (χ0) is 12.8. The van der Waals surface area contributed by atoms with Crippen molar-refractivity contribution in [3.8, 4) is 11.4 Å². The molecule has 0 atom stereocenters. The van der Waals surface area contributed by atoms with Gasteiger partial charge in [0.05, 0.1) is 0 Å². The second kappa shape index (κ2) is 6.66. The predicted octanol–water partition coefficient (Wildman–Crippen LogP) is 3.17. The van der Waals surface area contributed by atoms with Crippen molar-refractivity contribution in [2.75, 3.05) is 6.54 Å².